The van der Waals surface area contributed by atoms with Crippen molar-refractivity contribution in [3.05, 3.63) is 33.8 Å². The van der Waals surface area contributed by atoms with Crippen LogP contribution in [0.2, 0.25) is 10.0 Å². The molecule has 1 aromatic rings. The van der Waals surface area contributed by atoms with Crippen LogP contribution in [0.5, 0.6) is 0 Å². The Kier molecular flexibility index (Phi) is 3.97. The molecule has 0 saturated heterocycles. The van der Waals surface area contributed by atoms with Crippen molar-refractivity contribution in [2.45, 2.75) is 12.6 Å². The van der Waals surface area contributed by atoms with Crippen molar-refractivity contribution in [1.29, 1.82) is 0 Å². The van der Waals surface area contributed by atoms with Gasteiger partial charge in [-0.1, -0.05) is 23.2 Å². The Morgan fingerprint density at radius 3 is 2.69 bits per heavy atom. The number of halogens is 3. The van der Waals surface area contributed by atoms with E-state index in [0.29, 0.717) is 22.2 Å². The van der Waals surface area contributed by atoms with E-state index in [2.05, 4.69) is 0 Å². The van der Waals surface area contributed by atoms with Gasteiger partial charge in [-0.2, -0.15) is 0 Å². The molecule has 0 saturated carbocycles. The second-order valence-electron chi connectivity index (χ2n) is 2.71. The van der Waals surface area contributed by atoms with Crippen LogP contribution in [-0.2, 0) is 0 Å². The van der Waals surface area contributed by atoms with Gasteiger partial charge in [-0.25, -0.2) is 4.39 Å². The third-order valence-electron chi connectivity index (χ3n) is 1.72. The fraction of sp³-hybridized carbons (Fsp3) is 0.333. The van der Waals surface area contributed by atoms with Gasteiger partial charge in [-0.3, -0.25) is 0 Å². The smallest absolute Gasteiger partial charge is 0.128 e. The van der Waals surface area contributed by atoms with Gasteiger partial charge >= 0.3 is 0 Å². The van der Waals surface area contributed by atoms with E-state index in [1.807, 2.05) is 0 Å². The zero-order chi connectivity index (χ0) is 9.84. The molecule has 1 rings (SSSR count). The standard InChI is InChI=1S/C9H10Cl2FN/c10-6-1-2-8(11)7(5-6)9(12)3-4-13/h1-2,5,9H,3-4,13H2. The second kappa shape index (κ2) is 4.80. The van der Waals surface area contributed by atoms with Crippen LogP contribution in [0.25, 0.3) is 0 Å². The van der Waals surface area contributed by atoms with Crippen LogP contribution in [0.1, 0.15) is 18.2 Å². The number of hydrogen-bond donors (Lipinski definition) is 1. The summed E-state index contributed by atoms with van der Waals surface area (Å²) >= 11 is 11.5. The van der Waals surface area contributed by atoms with E-state index in [9.17, 15) is 4.39 Å². The van der Waals surface area contributed by atoms with Crippen molar-refractivity contribution in [3.8, 4) is 0 Å². The normalized spacial score (nSPS) is 12.9. The molecule has 0 spiro atoms. The molecule has 72 valence electrons. The van der Waals surface area contributed by atoms with Gasteiger partial charge in [0.15, 0.2) is 0 Å². The molecule has 0 amide bonds. The van der Waals surface area contributed by atoms with Gasteiger partial charge in [-0.05, 0) is 31.2 Å². The lowest BCUT2D eigenvalue weighted by Gasteiger charge is -2.09. The number of nitrogens with two attached hydrogens (primary N) is 1. The first-order chi connectivity index (χ1) is 6.15. The molecule has 1 aromatic carbocycles. The van der Waals surface area contributed by atoms with Crippen LogP contribution in [0.15, 0.2) is 18.2 Å². The summed E-state index contributed by atoms with van der Waals surface area (Å²) in [5, 5.41) is 0.879. The van der Waals surface area contributed by atoms with E-state index in [4.69, 9.17) is 28.9 Å². The molecule has 0 aliphatic carbocycles. The third-order valence-corrected chi connectivity index (χ3v) is 2.29. The molecule has 0 aromatic heterocycles. The Bertz CT molecular complexity index is 291. The molecule has 4 heteroatoms. The molecule has 2 N–H and O–H groups in total. The monoisotopic (exact) mass is 221 g/mol. The Morgan fingerprint density at radius 1 is 1.38 bits per heavy atom. The maximum absolute atomic E-state index is 13.4. The molecule has 1 unspecified atom stereocenters. The molecule has 1 nitrogen and oxygen atoms in total. The van der Waals surface area contributed by atoms with E-state index in [-0.39, 0.29) is 6.42 Å². The first-order valence-corrected chi connectivity index (χ1v) is 4.70. The summed E-state index contributed by atoms with van der Waals surface area (Å²) < 4.78 is 13.4. The highest BCUT2D eigenvalue weighted by Gasteiger charge is 2.12. The van der Waals surface area contributed by atoms with E-state index >= 15 is 0 Å². The highest BCUT2D eigenvalue weighted by Crippen LogP contribution is 2.30. The Balaban J connectivity index is 2.91. The summed E-state index contributed by atoms with van der Waals surface area (Å²) in [5.41, 5.74) is 5.66. The van der Waals surface area contributed by atoms with Crippen molar-refractivity contribution in [2.75, 3.05) is 6.54 Å². The second-order valence-corrected chi connectivity index (χ2v) is 3.55. The first kappa shape index (κ1) is 10.8. The van der Waals surface area contributed by atoms with Crippen LogP contribution in [0, 0.1) is 0 Å². The Morgan fingerprint density at radius 2 is 2.08 bits per heavy atom. The fourth-order valence-corrected chi connectivity index (χ4v) is 1.47. The molecule has 0 fully saturated rings. The summed E-state index contributed by atoms with van der Waals surface area (Å²) in [6.45, 7) is 0.296. The van der Waals surface area contributed by atoms with Gasteiger partial charge in [0.05, 0.1) is 0 Å². The summed E-state index contributed by atoms with van der Waals surface area (Å²) in [7, 11) is 0. The van der Waals surface area contributed by atoms with Crippen LogP contribution in [0.3, 0.4) is 0 Å². The first-order valence-electron chi connectivity index (χ1n) is 3.94. The summed E-state index contributed by atoms with van der Waals surface area (Å²) in [6, 6.07) is 4.75. The SMILES string of the molecule is NCCC(F)c1cc(Cl)ccc1Cl. The third kappa shape index (κ3) is 2.83. The number of alkyl halides is 1. The molecule has 0 radical (unpaired) electrons. The highest BCUT2D eigenvalue weighted by atomic mass is 35.5. The maximum Gasteiger partial charge on any atom is 0.128 e. The van der Waals surface area contributed by atoms with Crippen molar-refractivity contribution < 1.29 is 4.39 Å². The largest absolute Gasteiger partial charge is 0.330 e. The lowest BCUT2D eigenvalue weighted by atomic mass is 10.1. The summed E-state index contributed by atoms with van der Waals surface area (Å²) in [5.74, 6) is 0. The van der Waals surface area contributed by atoms with Gasteiger partial charge in [-0.15, -0.1) is 0 Å². The van der Waals surface area contributed by atoms with Crippen LogP contribution >= 0.6 is 23.2 Å². The summed E-state index contributed by atoms with van der Waals surface area (Å²) in [6.07, 6.45) is -0.865. The molecular weight excluding hydrogens is 212 g/mol. The van der Waals surface area contributed by atoms with Crippen LogP contribution in [-0.4, -0.2) is 6.54 Å². The van der Waals surface area contributed by atoms with Gasteiger partial charge < -0.3 is 5.73 Å². The van der Waals surface area contributed by atoms with Crippen molar-refractivity contribution >= 4 is 23.2 Å². The van der Waals surface area contributed by atoms with Gasteiger partial charge in [0.1, 0.15) is 6.17 Å². The fourth-order valence-electron chi connectivity index (χ4n) is 1.06. The zero-order valence-electron chi connectivity index (χ0n) is 6.93. The number of hydrogen-bond acceptors (Lipinski definition) is 1. The van der Waals surface area contributed by atoms with Crippen molar-refractivity contribution in [1.82, 2.24) is 0 Å². The Labute approximate surface area is 86.6 Å². The molecule has 13 heavy (non-hydrogen) atoms. The van der Waals surface area contributed by atoms with Crippen LogP contribution in [0.4, 0.5) is 4.39 Å². The van der Waals surface area contributed by atoms with Gasteiger partial charge in [0.2, 0.25) is 0 Å². The molecule has 0 aliphatic rings. The minimum Gasteiger partial charge on any atom is -0.330 e. The lowest BCUT2D eigenvalue weighted by Crippen LogP contribution is -2.04. The average Bonchev–Trinajstić information content (AvgIpc) is 2.09. The molecule has 0 heterocycles. The molecule has 0 aliphatic heterocycles. The van der Waals surface area contributed by atoms with Gasteiger partial charge in [0, 0.05) is 15.6 Å². The van der Waals surface area contributed by atoms with Gasteiger partial charge in [0.25, 0.3) is 0 Å². The van der Waals surface area contributed by atoms with Crippen molar-refractivity contribution in [3.63, 3.8) is 0 Å². The summed E-state index contributed by atoms with van der Waals surface area (Å²) in [4.78, 5) is 0. The molecule has 1 atom stereocenters. The quantitative estimate of drug-likeness (QED) is 0.833. The minimum absolute atomic E-state index is 0.264. The Hall–Kier alpha value is -0.310. The predicted molar refractivity (Wildman–Crippen MR) is 54.0 cm³/mol. The number of benzene rings is 1. The topological polar surface area (TPSA) is 26.0 Å². The molecule has 0 bridgehead atoms. The lowest BCUT2D eigenvalue weighted by molar-refractivity contribution is 0.328. The zero-order valence-corrected chi connectivity index (χ0v) is 8.45. The van der Waals surface area contributed by atoms with E-state index in [1.54, 1.807) is 12.1 Å². The van der Waals surface area contributed by atoms with E-state index < -0.39 is 6.17 Å². The highest BCUT2D eigenvalue weighted by molar-refractivity contribution is 6.33. The van der Waals surface area contributed by atoms with Crippen molar-refractivity contribution in [2.24, 2.45) is 5.73 Å². The predicted octanol–water partition coefficient (Wildman–Crippen LogP) is 3.35. The average molecular weight is 222 g/mol. The maximum atomic E-state index is 13.4. The molecular formula is C9H10Cl2FN. The van der Waals surface area contributed by atoms with Crippen LogP contribution < -0.4 is 5.73 Å². The van der Waals surface area contributed by atoms with E-state index in [0.717, 1.165) is 0 Å². The van der Waals surface area contributed by atoms with E-state index in [1.165, 1.54) is 6.07 Å². The number of rotatable bonds is 3. The minimum atomic E-state index is -1.13.